The first kappa shape index (κ1) is 21.5. The molecule has 0 amide bonds. The molecule has 150 valence electrons. The van der Waals surface area contributed by atoms with Crippen LogP contribution in [0, 0.1) is 10.1 Å². The Bertz CT molecular complexity index is 756. The Kier molecular flexibility index (Phi) is 8.55. The summed E-state index contributed by atoms with van der Waals surface area (Å²) in [7, 11) is 0. The SMILES string of the molecule is CCCCCN(c1ccc(/N=N/c2ccc([N+](=O)[O-])cc2)cc1)C(CC)CO. The summed E-state index contributed by atoms with van der Waals surface area (Å²) in [6.45, 7) is 5.31. The largest absolute Gasteiger partial charge is 0.394 e. The number of nitro benzene ring substituents is 1. The van der Waals surface area contributed by atoms with Crippen molar-refractivity contribution in [1.82, 2.24) is 0 Å². The lowest BCUT2D eigenvalue weighted by molar-refractivity contribution is -0.384. The van der Waals surface area contributed by atoms with Crippen molar-refractivity contribution >= 4 is 22.7 Å². The molecule has 0 spiro atoms. The number of hydrogen-bond donors (Lipinski definition) is 1. The zero-order valence-electron chi connectivity index (χ0n) is 16.5. The average Bonchev–Trinajstić information content (AvgIpc) is 2.73. The van der Waals surface area contributed by atoms with Crippen molar-refractivity contribution in [3.63, 3.8) is 0 Å². The van der Waals surface area contributed by atoms with Gasteiger partial charge in [-0.25, -0.2) is 0 Å². The van der Waals surface area contributed by atoms with Crippen molar-refractivity contribution in [2.45, 2.75) is 45.6 Å². The maximum Gasteiger partial charge on any atom is 0.269 e. The van der Waals surface area contributed by atoms with Gasteiger partial charge in [0.1, 0.15) is 0 Å². The summed E-state index contributed by atoms with van der Waals surface area (Å²) in [5.74, 6) is 0. The molecule has 0 aliphatic carbocycles. The van der Waals surface area contributed by atoms with Gasteiger partial charge in [0.05, 0.1) is 28.9 Å². The van der Waals surface area contributed by atoms with Crippen LogP contribution in [-0.4, -0.2) is 29.2 Å². The van der Waals surface area contributed by atoms with Gasteiger partial charge < -0.3 is 10.0 Å². The van der Waals surface area contributed by atoms with Gasteiger partial charge >= 0.3 is 0 Å². The van der Waals surface area contributed by atoms with E-state index in [1.54, 1.807) is 12.1 Å². The molecule has 2 aromatic carbocycles. The van der Waals surface area contributed by atoms with E-state index >= 15 is 0 Å². The third kappa shape index (κ3) is 6.13. The Morgan fingerprint density at radius 3 is 2.04 bits per heavy atom. The van der Waals surface area contributed by atoms with Crippen LogP contribution in [0.1, 0.15) is 39.5 Å². The summed E-state index contributed by atoms with van der Waals surface area (Å²) in [4.78, 5) is 12.5. The number of nitro groups is 1. The Labute approximate surface area is 165 Å². The molecule has 0 aliphatic heterocycles. The monoisotopic (exact) mass is 384 g/mol. The number of unbranched alkanes of at least 4 members (excludes halogenated alkanes) is 2. The van der Waals surface area contributed by atoms with Crippen molar-refractivity contribution in [3.05, 3.63) is 58.6 Å². The first-order valence-corrected chi connectivity index (χ1v) is 9.72. The molecule has 0 saturated carbocycles. The summed E-state index contributed by atoms with van der Waals surface area (Å²) < 4.78 is 0. The lowest BCUT2D eigenvalue weighted by Gasteiger charge is -2.32. The third-order valence-corrected chi connectivity index (χ3v) is 4.65. The van der Waals surface area contributed by atoms with Crippen molar-refractivity contribution in [2.75, 3.05) is 18.1 Å². The molecule has 0 radical (unpaired) electrons. The van der Waals surface area contributed by atoms with Crippen LogP contribution >= 0.6 is 0 Å². The number of azo groups is 1. The smallest absolute Gasteiger partial charge is 0.269 e. The van der Waals surface area contributed by atoms with Crippen LogP contribution in [0.2, 0.25) is 0 Å². The number of non-ortho nitro benzene ring substituents is 1. The van der Waals surface area contributed by atoms with Crippen LogP contribution in [0.5, 0.6) is 0 Å². The highest BCUT2D eigenvalue weighted by atomic mass is 16.6. The second-order valence-corrected chi connectivity index (χ2v) is 6.64. The molecule has 1 atom stereocenters. The van der Waals surface area contributed by atoms with Gasteiger partial charge in [0.25, 0.3) is 5.69 Å². The van der Waals surface area contributed by atoms with Crippen molar-refractivity contribution in [1.29, 1.82) is 0 Å². The number of rotatable bonds is 11. The minimum Gasteiger partial charge on any atom is -0.394 e. The van der Waals surface area contributed by atoms with E-state index in [0.717, 1.165) is 31.5 Å². The molecule has 28 heavy (non-hydrogen) atoms. The fourth-order valence-corrected chi connectivity index (χ4v) is 2.97. The van der Waals surface area contributed by atoms with Gasteiger partial charge in [-0.3, -0.25) is 10.1 Å². The van der Waals surface area contributed by atoms with Gasteiger partial charge in [0.2, 0.25) is 0 Å². The average molecular weight is 384 g/mol. The molecule has 0 saturated heterocycles. The van der Waals surface area contributed by atoms with E-state index < -0.39 is 4.92 Å². The summed E-state index contributed by atoms with van der Waals surface area (Å²) in [6, 6.07) is 13.8. The summed E-state index contributed by atoms with van der Waals surface area (Å²) in [5, 5.41) is 28.7. The quantitative estimate of drug-likeness (QED) is 0.230. The minimum atomic E-state index is -0.443. The van der Waals surface area contributed by atoms with E-state index in [-0.39, 0.29) is 18.3 Å². The maximum absolute atomic E-state index is 10.7. The molecule has 7 heteroatoms. The van der Waals surface area contributed by atoms with Crippen LogP contribution in [0.4, 0.5) is 22.7 Å². The standard InChI is InChI=1S/C21H28N4O3/c1-3-5-6-15-24(19(4-2)16-26)20-11-7-17(8-12-20)22-23-18-9-13-21(14-10-18)25(27)28/h7-14,19,26H,3-6,15-16H2,1-2H3/b23-22+. The van der Waals surface area contributed by atoms with Gasteiger partial charge in [-0.1, -0.05) is 26.7 Å². The number of benzene rings is 2. The Balaban J connectivity index is 2.09. The number of aliphatic hydroxyl groups excluding tert-OH is 1. The van der Waals surface area contributed by atoms with Crippen LogP contribution < -0.4 is 4.90 Å². The zero-order valence-corrected chi connectivity index (χ0v) is 16.5. The Morgan fingerprint density at radius 2 is 1.57 bits per heavy atom. The normalized spacial score (nSPS) is 12.2. The second-order valence-electron chi connectivity index (χ2n) is 6.64. The lowest BCUT2D eigenvalue weighted by Crippen LogP contribution is -2.38. The number of aliphatic hydroxyl groups is 1. The van der Waals surface area contributed by atoms with E-state index in [1.807, 2.05) is 24.3 Å². The van der Waals surface area contributed by atoms with Crippen LogP contribution in [0.15, 0.2) is 58.8 Å². The molecule has 7 nitrogen and oxygen atoms in total. The molecule has 2 aromatic rings. The molecule has 2 rings (SSSR count). The topological polar surface area (TPSA) is 91.3 Å². The van der Waals surface area contributed by atoms with Gasteiger partial charge in [-0.2, -0.15) is 10.2 Å². The molecular formula is C21H28N4O3. The highest BCUT2D eigenvalue weighted by Crippen LogP contribution is 2.25. The Morgan fingerprint density at radius 1 is 1.00 bits per heavy atom. The minimum absolute atomic E-state index is 0.0285. The van der Waals surface area contributed by atoms with E-state index in [9.17, 15) is 15.2 Å². The molecular weight excluding hydrogens is 356 g/mol. The molecule has 1 N–H and O–H groups in total. The highest BCUT2D eigenvalue weighted by Gasteiger charge is 2.16. The first-order chi connectivity index (χ1) is 13.6. The Hall–Kier alpha value is -2.80. The van der Waals surface area contributed by atoms with Gasteiger partial charge in [0.15, 0.2) is 0 Å². The van der Waals surface area contributed by atoms with Crippen LogP contribution in [0.3, 0.4) is 0 Å². The van der Waals surface area contributed by atoms with E-state index in [4.69, 9.17) is 0 Å². The predicted octanol–water partition coefficient (Wildman–Crippen LogP) is 5.78. The van der Waals surface area contributed by atoms with Crippen molar-refractivity contribution in [2.24, 2.45) is 10.2 Å². The molecule has 0 aliphatic rings. The van der Waals surface area contributed by atoms with E-state index in [0.29, 0.717) is 11.4 Å². The predicted molar refractivity (Wildman–Crippen MR) is 112 cm³/mol. The zero-order chi connectivity index (χ0) is 20.4. The van der Waals surface area contributed by atoms with Gasteiger partial charge in [-0.05, 0) is 49.2 Å². The van der Waals surface area contributed by atoms with E-state index in [2.05, 4.69) is 29.0 Å². The maximum atomic E-state index is 10.7. The number of hydrogen-bond acceptors (Lipinski definition) is 6. The molecule has 0 bridgehead atoms. The summed E-state index contributed by atoms with van der Waals surface area (Å²) in [5.41, 5.74) is 2.35. The van der Waals surface area contributed by atoms with Crippen LogP contribution in [0.25, 0.3) is 0 Å². The fraction of sp³-hybridized carbons (Fsp3) is 0.429. The molecule has 0 heterocycles. The van der Waals surface area contributed by atoms with Gasteiger partial charge in [0, 0.05) is 24.4 Å². The molecule has 1 unspecified atom stereocenters. The summed E-state index contributed by atoms with van der Waals surface area (Å²) in [6.07, 6.45) is 4.30. The highest BCUT2D eigenvalue weighted by molar-refractivity contribution is 5.54. The van der Waals surface area contributed by atoms with Gasteiger partial charge in [-0.15, -0.1) is 0 Å². The number of nitrogens with zero attached hydrogens (tertiary/aromatic N) is 4. The lowest BCUT2D eigenvalue weighted by atomic mass is 10.1. The molecule has 0 aromatic heterocycles. The van der Waals surface area contributed by atoms with Crippen LogP contribution in [-0.2, 0) is 0 Å². The first-order valence-electron chi connectivity index (χ1n) is 9.72. The third-order valence-electron chi connectivity index (χ3n) is 4.65. The van der Waals surface area contributed by atoms with Crippen molar-refractivity contribution in [3.8, 4) is 0 Å². The second kappa shape index (κ2) is 11.1. The fourth-order valence-electron chi connectivity index (χ4n) is 2.97. The number of anilines is 1. The van der Waals surface area contributed by atoms with Crippen molar-refractivity contribution < 1.29 is 10.0 Å². The summed E-state index contributed by atoms with van der Waals surface area (Å²) >= 11 is 0. The van der Waals surface area contributed by atoms with E-state index in [1.165, 1.54) is 18.6 Å². The molecule has 0 fully saturated rings.